The van der Waals surface area contributed by atoms with Crippen molar-refractivity contribution in [1.29, 1.82) is 0 Å². The third-order valence-electron chi connectivity index (χ3n) is 3.22. The Kier molecular flexibility index (Phi) is 3.33. The Bertz CT molecular complexity index is 654. The monoisotopic (exact) mass is 257 g/mol. The minimum absolute atomic E-state index is 0.00589. The number of rotatable bonds is 2. The van der Waals surface area contributed by atoms with Gasteiger partial charge in [-0.25, -0.2) is 0 Å². The summed E-state index contributed by atoms with van der Waals surface area (Å²) in [6.07, 6.45) is 5.26. The van der Waals surface area contributed by atoms with Crippen molar-refractivity contribution < 1.29 is 9.15 Å². The Morgan fingerprint density at radius 3 is 2.79 bits per heavy atom. The number of para-hydroxylation sites is 1. The van der Waals surface area contributed by atoms with Crippen LogP contribution >= 0.6 is 0 Å². The van der Waals surface area contributed by atoms with Gasteiger partial charge in [0, 0.05) is 19.3 Å². The Morgan fingerprint density at radius 1 is 1.16 bits per heavy atom. The van der Waals surface area contributed by atoms with Crippen LogP contribution in [0.1, 0.15) is 5.56 Å². The number of hydrogen-bond acceptors (Lipinski definition) is 4. The summed E-state index contributed by atoms with van der Waals surface area (Å²) in [6.45, 7) is 3.18. The first kappa shape index (κ1) is 12.0. The molecule has 0 unspecified atom stereocenters. The molecule has 0 spiro atoms. The fraction of sp³-hybridized carbons (Fsp3) is 0.267. The zero-order valence-electron chi connectivity index (χ0n) is 10.5. The molecule has 19 heavy (non-hydrogen) atoms. The van der Waals surface area contributed by atoms with Crippen LogP contribution in [-0.2, 0) is 4.74 Å². The molecule has 0 saturated carbocycles. The summed E-state index contributed by atoms with van der Waals surface area (Å²) in [5.74, 6) is 0. The van der Waals surface area contributed by atoms with Crippen LogP contribution in [0.15, 0.2) is 45.9 Å². The Hall–Kier alpha value is -2.07. The van der Waals surface area contributed by atoms with E-state index in [1.165, 1.54) is 6.26 Å². The van der Waals surface area contributed by atoms with Gasteiger partial charge in [-0.15, -0.1) is 0 Å². The SMILES string of the molecule is O=c1c(C=CN2CCOCC2)coc2ccccc12. The Labute approximate surface area is 110 Å². The highest BCUT2D eigenvalue weighted by atomic mass is 16.5. The molecule has 0 atom stereocenters. The summed E-state index contributed by atoms with van der Waals surface area (Å²) >= 11 is 0. The van der Waals surface area contributed by atoms with Crippen molar-refractivity contribution >= 4 is 17.0 Å². The average molecular weight is 257 g/mol. The van der Waals surface area contributed by atoms with Crippen molar-refractivity contribution in [1.82, 2.24) is 4.90 Å². The lowest BCUT2D eigenvalue weighted by molar-refractivity contribution is 0.0597. The predicted octanol–water partition coefficient (Wildman–Crippen LogP) is 2.10. The van der Waals surface area contributed by atoms with E-state index in [9.17, 15) is 4.79 Å². The number of morpholine rings is 1. The van der Waals surface area contributed by atoms with Crippen molar-refractivity contribution in [3.8, 4) is 0 Å². The molecule has 0 radical (unpaired) electrons. The van der Waals surface area contributed by atoms with E-state index in [0.29, 0.717) is 16.5 Å². The summed E-state index contributed by atoms with van der Waals surface area (Å²) < 4.78 is 10.7. The standard InChI is InChI=1S/C15H15NO3/c17-15-12(5-6-16-7-9-18-10-8-16)11-19-14-4-2-1-3-13(14)15/h1-6,11H,7-10H2. The second kappa shape index (κ2) is 5.28. The van der Waals surface area contributed by atoms with Gasteiger partial charge in [0.15, 0.2) is 5.43 Å². The van der Waals surface area contributed by atoms with Gasteiger partial charge in [-0.2, -0.15) is 0 Å². The van der Waals surface area contributed by atoms with Crippen LogP contribution in [0.4, 0.5) is 0 Å². The molecule has 3 rings (SSSR count). The topological polar surface area (TPSA) is 42.7 Å². The molecule has 1 aromatic heterocycles. The third kappa shape index (κ3) is 2.53. The molecule has 1 fully saturated rings. The van der Waals surface area contributed by atoms with E-state index in [-0.39, 0.29) is 5.43 Å². The summed E-state index contributed by atoms with van der Waals surface area (Å²) in [5.41, 5.74) is 1.20. The number of ether oxygens (including phenoxy) is 1. The maximum atomic E-state index is 12.2. The molecule has 1 aliphatic rings. The molecule has 98 valence electrons. The highest BCUT2D eigenvalue weighted by Gasteiger charge is 2.07. The van der Waals surface area contributed by atoms with Crippen molar-refractivity contribution in [2.75, 3.05) is 26.3 Å². The fourth-order valence-electron chi connectivity index (χ4n) is 2.12. The van der Waals surface area contributed by atoms with Crippen molar-refractivity contribution in [3.63, 3.8) is 0 Å². The van der Waals surface area contributed by atoms with E-state index in [4.69, 9.17) is 9.15 Å². The molecule has 1 aromatic carbocycles. The maximum absolute atomic E-state index is 12.2. The number of nitrogens with zero attached hydrogens (tertiary/aromatic N) is 1. The summed E-state index contributed by atoms with van der Waals surface area (Å²) in [4.78, 5) is 14.4. The second-order valence-electron chi connectivity index (χ2n) is 4.48. The molecular weight excluding hydrogens is 242 g/mol. The Balaban J connectivity index is 1.90. The van der Waals surface area contributed by atoms with Gasteiger partial charge in [0.2, 0.25) is 0 Å². The van der Waals surface area contributed by atoms with Crippen LogP contribution in [0.2, 0.25) is 0 Å². The summed E-state index contributed by atoms with van der Waals surface area (Å²) in [6, 6.07) is 7.28. The van der Waals surface area contributed by atoms with E-state index in [0.717, 1.165) is 26.3 Å². The first-order chi connectivity index (χ1) is 9.34. The van der Waals surface area contributed by atoms with E-state index in [1.54, 1.807) is 12.1 Å². The molecule has 1 aliphatic heterocycles. The number of fused-ring (bicyclic) bond motifs is 1. The first-order valence-corrected chi connectivity index (χ1v) is 6.35. The van der Waals surface area contributed by atoms with Gasteiger partial charge in [0.1, 0.15) is 11.8 Å². The minimum Gasteiger partial charge on any atom is -0.463 e. The van der Waals surface area contributed by atoms with Crippen LogP contribution in [-0.4, -0.2) is 31.2 Å². The quantitative estimate of drug-likeness (QED) is 0.826. The van der Waals surface area contributed by atoms with Crippen LogP contribution in [0.5, 0.6) is 0 Å². The highest BCUT2D eigenvalue weighted by molar-refractivity contribution is 5.78. The van der Waals surface area contributed by atoms with Gasteiger partial charge in [0.05, 0.1) is 24.2 Å². The van der Waals surface area contributed by atoms with E-state index >= 15 is 0 Å². The zero-order valence-corrected chi connectivity index (χ0v) is 10.5. The molecule has 0 amide bonds. The molecule has 0 bridgehead atoms. The van der Waals surface area contributed by atoms with Gasteiger partial charge in [-0.3, -0.25) is 4.79 Å². The van der Waals surface area contributed by atoms with Crippen LogP contribution in [0.25, 0.3) is 17.0 Å². The smallest absolute Gasteiger partial charge is 0.199 e. The molecule has 1 saturated heterocycles. The van der Waals surface area contributed by atoms with Gasteiger partial charge in [-0.05, 0) is 18.2 Å². The highest BCUT2D eigenvalue weighted by Crippen LogP contribution is 2.11. The predicted molar refractivity (Wildman–Crippen MR) is 73.9 cm³/mol. The minimum atomic E-state index is 0.00589. The summed E-state index contributed by atoms with van der Waals surface area (Å²) in [7, 11) is 0. The molecule has 0 aliphatic carbocycles. The normalized spacial score (nSPS) is 16.3. The lowest BCUT2D eigenvalue weighted by atomic mass is 10.2. The lowest BCUT2D eigenvalue weighted by Gasteiger charge is -2.24. The fourth-order valence-corrected chi connectivity index (χ4v) is 2.12. The van der Waals surface area contributed by atoms with Crippen molar-refractivity contribution in [2.24, 2.45) is 0 Å². The molecule has 4 heteroatoms. The first-order valence-electron chi connectivity index (χ1n) is 6.35. The number of hydrogen-bond donors (Lipinski definition) is 0. The van der Waals surface area contributed by atoms with Gasteiger partial charge < -0.3 is 14.1 Å². The summed E-state index contributed by atoms with van der Waals surface area (Å²) in [5, 5.41) is 0.617. The molecular formula is C15H15NO3. The van der Waals surface area contributed by atoms with Gasteiger partial charge in [0.25, 0.3) is 0 Å². The van der Waals surface area contributed by atoms with Gasteiger partial charge in [-0.1, -0.05) is 12.1 Å². The van der Waals surface area contributed by atoms with Crippen LogP contribution in [0.3, 0.4) is 0 Å². The largest absolute Gasteiger partial charge is 0.463 e. The zero-order chi connectivity index (χ0) is 13.1. The second-order valence-corrected chi connectivity index (χ2v) is 4.48. The van der Waals surface area contributed by atoms with Crippen molar-refractivity contribution in [3.05, 3.63) is 52.5 Å². The molecule has 4 nitrogen and oxygen atoms in total. The van der Waals surface area contributed by atoms with Crippen molar-refractivity contribution in [2.45, 2.75) is 0 Å². The average Bonchev–Trinajstić information content (AvgIpc) is 2.48. The lowest BCUT2D eigenvalue weighted by Crippen LogP contribution is -2.32. The molecule has 2 aromatic rings. The Morgan fingerprint density at radius 2 is 1.95 bits per heavy atom. The number of benzene rings is 1. The maximum Gasteiger partial charge on any atom is 0.199 e. The van der Waals surface area contributed by atoms with Gasteiger partial charge >= 0.3 is 0 Å². The molecule has 2 heterocycles. The van der Waals surface area contributed by atoms with E-state index in [2.05, 4.69) is 4.90 Å². The van der Waals surface area contributed by atoms with E-state index in [1.807, 2.05) is 24.4 Å². The van der Waals surface area contributed by atoms with E-state index < -0.39 is 0 Å². The van der Waals surface area contributed by atoms with Crippen LogP contribution in [0, 0.1) is 0 Å². The van der Waals surface area contributed by atoms with Crippen LogP contribution < -0.4 is 5.43 Å². The molecule has 0 N–H and O–H groups in total. The third-order valence-corrected chi connectivity index (χ3v) is 3.22.